The summed E-state index contributed by atoms with van der Waals surface area (Å²) < 4.78 is 4.48. The largest absolute Gasteiger partial charge is 0.469 e. The van der Waals surface area contributed by atoms with Gasteiger partial charge in [0.2, 0.25) is 0 Å². The summed E-state index contributed by atoms with van der Waals surface area (Å²) in [5, 5.41) is 0.511. The normalized spacial score (nSPS) is 12.5. The summed E-state index contributed by atoms with van der Waals surface area (Å²) in [6, 6.07) is 0. The molecule has 14 heavy (non-hydrogen) atoms. The summed E-state index contributed by atoms with van der Waals surface area (Å²) >= 11 is 9.98. The van der Waals surface area contributed by atoms with Crippen LogP contribution in [0.1, 0.15) is 12.8 Å². The van der Waals surface area contributed by atoms with Crippen LogP contribution in [0.2, 0.25) is 0 Å². The van der Waals surface area contributed by atoms with Crippen LogP contribution < -0.4 is 0 Å². The van der Waals surface area contributed by atoms with Gasteiger partial charge in [-0.2, -0.15) is 0 Å². The van der Waals surface area contributed by atoms with Crippen LogP contribution in [0.4, 0.5) is 0 Å². The number of allylic oxidation sites excluding steroid dienone is 4. The maximum absolute atomic E-state index is 10.7. The van der Waals surface area contributed by atoms with Crippen LogP contribution in [-0.2, 0) is 9.53 Å². The lowest BCUT2D eigenvalue weighted by molar-refractivity contribution is -0.140. The Morgan fingerprint density at radius 2 is 2.29 bits per heavy atom. The van der Waals surface area contributed by atoms with Crippen LogP contribution in [0.15, 0.2) is 34.7 Å². The average molecular weight is 233 g/mol. The first-order valence-electron chi connectivity index (χ1n) is 4.06. The van der Waals surface area contributed by atoms with E-state index in [9.17, 15) is 4.79 Å². The van der Waals surface area contributed by atoms with Crippen molar-refractivity contribution in [2.24, 2.45) is 0 Å². The van der Waals surface area contributed by atoms with E-state index < -0.39 is 0 Å². The molecule has 0 unspecified atom stereocenters. The van der Waals surface area contributed by atoms with Crippen LogP contribution in [0.5, 0.6) is 0 Å². The van der Waals surface area contributed by atoms with E-state index >= 15 is 0 Å². The third-order valence-electron chi connectivity index (χ3n) is 1.42. The predicted octanol–water partition coefficient (Wildman–Crippen LogP) is 3.06. The third kappa shape index (κ3) is 5.89. The Hall–Kier alpha value is -0.670. The zero-order chi connectivity index (χ0) is 11.0. The molecule has 0 aromatic rings. The topological polar surface area (TPSA) is 26.3 Å². The molecule has 0 fully saturated rings. The standard InChI is InChI=1S/C10H13ClO2S/c1-3-5-9(14)8(11)6-4-7-10(12)13-2/h3,5-6,14H,1,4,7H2,2H3/b8-6+,9-5+. The highest BCUT2D eigenvalue weighted by atomic mass is 35.5. The monoisotopic (exact) mass is 232 g/mol. The van der Waals surface area contributed by atoms with E-state index in [1.165, 1.54) is 7.11 Å². The van der Waals surface area contributed by atoms with Crippen molar-refractivity contribution < 1.29 is 9.53 Å². The number of thiol groups is 1. The maximum Gasteiger partial charge on any atom is 0.305 e. The van der Waals surface area contributed by atoms with E-state index in [-0.39, 0.29) is 5.97 Å². The molecule has 0 atom stereocenters. The number of carbonyl (C=O) groups excluding carboxylic acids is 1. The molecule has 0 radical (unpaired) electrons. The van der Waals surface area contributed by atoms with Gasteiger partial charge in [-0.3, -0.25) is 4.79 Å². The van der Waals surface area contributed by atoms with Crippen molar-refractivity contribution >= 4 is 30.2 Å². The lowest BCUT2D eigenvalue weighted by Gasteiger charge is -1.97. The fourth-order valence-electron chi connectivity index (χ4n) is 0.715. The van der Waals surface area contributed by atoms with Gasteiger partial charge in [0.15, 0.2) is 0 Å². The molecule has 0 aromatic carbocycles. The molecule has 0 N–H and O–H groups in total. The highest BCUT2D eigenvalue weighted by Gasteiger charge is 1.99. The minimum atomic E-state index is -0.251. The minimum absolute atomic E-state index is 0.251. The Morgan fingerprint density at radius 3 is 2.79 bits per heavy atom. The van der Waals surface area contributed by atoms with Crippen molar-refractivity contribution in [1.82, 2.24) is 0 Å². The van der Waals surface area contributed by atoms with Crippen molar-refractivity contribution in [3.63, 3.8) is 0 Å². The molecule has 0 saturated carbocycles. The quantitative estimate of drug-likeness (QED) is 0.448. The number of methoxy groups -OCH3 is 1. The molecule has 0 saturated heterocycles. The second kappa shape index (κ2) is 7.71. The van der Waals surface area contributed by atoms with E-state index in [0.717, 1.165) is 0 Å². The Morgan fingerprint density at radius 1 is 1.64 bits per heavy atom. The third-order valence-corrected chi connectivity index (χ3v) is 2.30. The lowest BCUT2D eigenvalue weighted by Crippen LogP contribution is -1.98. The van der Waals surface area contributed by atoms with Crippen molar-refractivity contribution in [1.29, 1.82) is 0 Å². The Kier molecular flexibility index (Phi) is 7.34. The summed E-state index contributed by atoms with van der Waals surface area (Å²) in [7, 11) is 1.36. The first kappa shape index (κ1) is 13.3. The number of esters is 1. The summed E-state index contributed by atoms with van der Waals surface area (Å²) in [6.07, 6.45) is 5.86. The van der Waals surface area contributed by atoms with Gasteiger partial charge in [-0.25, -0.2) is 0 Å². The van der Waals surface area contributed by atoms with Gasteiger partial charge >= 0.3 is 5.97 Å². The number of hydrogen-bond acceptors (Lipinski definition) is 3. The van der Waals surface area contributed by atoms with E-state index in [2.05, 4.69) is 23.9 Å². The van der Waals surface area contributed by atoms with Crippen LogP contribution >= 0.6 is 24.2 Å². The first-order valence-corrected chi connectivity index (χ1v) is 4.88. The summed E-state index contributed by atoms with van der Waals surface area (Å²) in [5.74, 6) is -0.251. The first-order chi connectivity index (χ1) is 6.61. The Bertz CT molecular complexity index is 269. The number of rotatable bonds is 5. The molecule has 0 amide bonds. The molecule has 0 aliphatic rings. The summed E-state index contributed by atoms with van der Waals surface area (Å²) in [5.41, 5.74) is 0. The molecule has 4 heteroatoms. The average Bonchev–Trinajstić information content (AvgIpc) is 2.17. The number of hydrogen-bond donors (Lipinski definition) is 1. The summed E-state index contributed by atoms with van der Waals surface area (Å²) in [6.45, 7) is 3.52. The zero-order valence-corrected chi connectivity index (χ0v) is 9.65. The Labute approximate surface area is 94.7 Å². The number of halogens is 1. The zero-order valence-electron chi connectivity index (χ0n) is 8.00. The molecule has 0 rings (SSSR count). The van der Waals surface area contributed by atoms with E-state index in [1.54, 1.807) is 18.2 Å². The van der Waals surface area contributed by atoms with Crippen molar-refractivity contribution in [2.75, 3.05) is 7.11 Å². The second-order valence-corrected chi connectivity index (χ2v) is 3.34. The highest BCUT2D eigenvalue weighted by molar-refractivity contribution is 7.85. The molecule has 0 aliphatic carbocycles. The number of carbonyl (C=O) groups is 1. The van der Waals surface area contributed by atoms with E-state index in [0.29, 0.717) is 22.8 Å². The van der Waals surface area contributed by atoms with Crippen LogP contribution in [0, 0.1) is 0 Å². The van der Waals surface area contributed by atoms with Gasteiger partial charge in [0.05, 0.1) is 7.11 Å². The fourth-order valence-corrected chi connectivity index (χ4v) is 1.08. The predicted molar refractivity (Wildman–Crippen MR) is 62.5 cm³/mol. The van der Waals surface area contributed by atoms with Gasteiger partial charge in [0, 0.05) is 16.4 Å². The molecular weight excluding hydrogens is 220 g/mol. The van der Waals surface area contributed by atoms with Crippen LogP contribution in [0.25, 0.3) is 0 Å². The second-order valence-electron chi connectivity index (χ2n) is 2.45. The van der Waals surface area contributed by atoms with Crippen LogP contribution in [-0.4, -0.2) is 13.1 Å². The molecule has 0 spiro atoms. The lowest BCUT2D eigenvalue weighted by atomic mass is 10.3. The molecule has 0 bridgehead atoms. The van der Waals surface area contributed by atoms with Crippen LogP contribution in [0.3, 0.4) is 0 Å². The maximum atomic E-state index is 10.7. The van der Waals surface area contributed by atoms with Crippen molar-refractivity contribution in [3.8, 4) is 0 Å². The summed E-state index contributed by atoms with van der Waals surface area (Å²) in [4.78, 5) is 11.4. The van der Waals surface area contributed by atoms with Crippen molar-refractivity contribution in [2.45, 2.75) is 12.8 Å². The van der Waals surface area contributed by atoms with Crippen molar-refractivity contribution in [3.05, 3.63) is 34.7 Å². The molecule has 0 aromatic heterocycles. The smallest absolute Gasteiger partial charge is 0.305 e. The molecule has 0 heterocycles. The Balaban J connectivity index is 4.06. The highest BCUT2D eigenvalue weighted by Crippen LogP contribution is 2.19. The van der Waals surface area contributed by atoms with Gasteiger partial charge in [0.25, 0.3) is 0 Å². The number of ether oxygens (including phenoxy) is 1. The van der Waals surface area contributed by atoms with Gasteiger partial charge < -0.3 is 4.74 Å². The van der Waals surface area contributed by atoms with Gasteiger partial charge in [0.1, 0.15) is 0 Å². The van der Waals surface area contributed by atoms with Gasteiger partial charge in [-0.1, -0.05) is 30.3 Å². The van der Waals surface area contributed by atoms with E-state index in [4.69, 9.17) is 11.6 Å². The molecule has 78 valence electrons. The SMILES string of the molecule is C=C/C=C(S)\C(Cl)=C/CCC(=O)OC. The fraction of sp³-hybridized carbons (Fsp3) is 0.300. The molecule has 2 nitrogen and oxygen atoms in total. The minimum Gasteiger partial charge on any atom is -0.469 e. The molecule has 0 aliphatic heterocycles. The van der Waals surface area contributed by atoms with Gasteiger partial charge in [-0.15, -0.1) is 12.6 Å². The van der Waals surface area contributed by atoms with Gasteiger partial charge in [-0.05, 0) is 12.5 Å². The molecular formula is C10H13ClO2S. The van der Waals surface area contributed by atoms with E-state index in [1.807, 2.05) is 0 Å².